The van der Waals surface area contributed by atoms with Crippen LogP contribution in [0.15, 0.2) is 24.3 Å². The van der Waals surface area contributed by atoms with Gasteiger partial charge >= 0.3 is 0 Å². The van der Waals surface area contributed by atoms with Gasteiger partial charge in [-0.2, -0.15) is 0 Å². The third-order valence-electron chi connectivity index (χ3n) is 5.13. The predicted molar refractivity (Wildman–Crippen MR) is 80.8 cm³/mol. The summed E-state index contributed by atoms with van der Waals surface area (Å²) in [5.41, 5.74) is 1.77. The maximum atomic E-state index is 6.09. The van der Waals surface area contributed by atoms with Crippen LogP contribution in [0, 0.1) is 18.3 Å². The smallest absolute Gasteiger partial charge is 0.200 e. The molecule has 0 aliphatic heterocycles. The minimum atomic E-state index is -0.0837. The van der Waals surface area contributed by atoms with Gasteiger partial charge in [0.25, 0.3) is 0 Å². The van der Waals surface area contributed by atoms with E-state index in [0.29, 0.717) is 5.41 Å². The second kappa shape index (κ2) is 5.77. The van der Waals surface area contributed by atoms with Crippen molar-refractivity contribution < 1.29 is 9.47 Å². The van der Waals surface area contributed by atoms with Crippen molar-refractivity contribution >= 4 is 0 Å². The zero-order valence-corrected chi connectivity index (χ0v) is 12.7. The third kappa shape index (κ3) is 3.01. The van der Waals surface area contributed by atoms with Gasteiger partial charge in [0.05, 0.1) is 0 Å². The van der Waals surface area contributed by atoms with E-state index in [1.807, 2.05) is 12.1 Å². The molecule has 2 bridgehead atoms. The molecule has 2 aliphatic carbocycles. The van der Waals surface area contributed by atoms with Crippen LogP contribution in [0.25, 0.3) is 0 Å². The molecule has 1 atom stereocenters. The lowest BCUT2D eigenvalue weighted by atomic mass is 9.81. The van der Waals surface area contributed by atoms with Gasteiger partial charge in [-0.15, -0.1) is 0 Å². The number of rotatable bonds is 6. The van der Waals surface area contributed by atoms with E-state index in [2.05, 4.69) is 26.0 Å². The molecule has 20 heavy (non-hydrogen) atoms. The Morgan fingerprint density at radius 2 is 1.90 bits per heavy atom. The van der Waals surface area contributed by atoms with Crippen molar-refractivity contribution in [2.45, 2.75) is 58.7 Å². The molecule has 0 spiro atoms. The Bertz CT molecular complexity index is 429. The van der Waals surface area contributed by atoms with Gasteiger partial charge in [-0.3, -0.25) is 0 Å². The minimum absolute atomic E-state index is 0.0837. The predicted octanol–water partition coefficient (Wildman–Crippen LogP) is 4.71. The molecule has 0 aromatic heterocycles. The van der Waals surface area contributed by atoms with Crippen LogP contribution in [0.3, 0.4) is 0 Å². The van der Waals surface area contributed by atoms with E-state index < -0.39 is 0 Å². The average Bonchev–Trinajstić information content (AvgIpc) is 3.02. The zero-order valence-electron chi connectivity index (χ0n) is 12.7. The lowest BCUT2D eigenvalue weighted by Crippen LogP contribution is -2.29. The van der Waals surface area contributed by atoms with Crippen LogP contribution in [0.5, 0.6) is 5.75 Å². The van der Waals surface area contributed by atoms with E-state index in [4.69, 9.17) is 9.47 Å². The summed E-state index contributed by atoms with van der Waals surface area (Å²) in [5.74, 6) is 1.91. The van der Waals surface area contributed by atoms with Crippen molar-refractivity contribution in [2.24, 2.45) is 11.3 Å². The first-order chi connectivity index (χ1) is 9.69. The molecule has 2 heteroatoms. The summed E-state index contributed by atoms with van der Waals surface area (Å²) in [6.07, 6.45) is 7.96. The molecule has 110 valence electrons. The molecule has 0 heterocycles. The normalized spacial score (nSPS) is 29.6. The molecule has 1 unspecified atom stereocenters. The molecule has 0 amide bonds. The minimum Gasteiger partial charge on any atom is -0.465 e. The fourth-order valence-electron chi connectivity index (χ4n) is 4.04. The second-order valence-corrected chi connectivity index (χ2v) is 6.67. The summed E-state index contributed by atoms with van der Waals surface area (Å²) in [5, 5.41) is 0. The van der Waals surface area contributed by atoms with Crippen LogP contribution in [0.2, 0.25) is 0 Å². The fourth-order valence-corrected chi connectivity index (χ4v) is 4.04. The van der Waals surface area contributed by atoms with Gasteiger partial charge in [0, 0.05) is 13.0 Å². The standard InChI is InChI=1S/C18H26O2/c1-3-19-17(20-16-6-4-14(2)5-7-16)13-18-10-8-15(12-18)9-11-18/h4-7,15,17H,3,8-13H2,1-2H3. The number of aryl methyl sites for hydroxylation is 1. The Balaban J connectivity index is 1.64. The summed E-state index contributed by atoms with van der Waals surface area (Å²) in [7, 11) is 0. The molecule has 2 fully saturated rings. The maximum Gasteiger partial charge on any atom is 0.200 e. The third-order valence-corrected chi connectivity index (χ3v) is 5.13. The summed E-state index contributed by atoms with van der Waals surface area (Å²) in [6.45, 7) is 4.87. The first-order valence-corrected chi connectivity index (χ1v) is 8.04. The van der Waals surface area contributed by atoms with Crippen LogP contribution in [0.1, 0.15) is 51.0 Å². The zero-order chi connectivity index (χ0) is 14.0. The molecular formula is C18H26O2. The number of ether oxygens (including phenoxy) is 2. The highest BCUT2D eigenvalue weighted by Gasteiger charge is 2.46. The molecule has 1 aromatic carbocycles. The van der Waals surface area contributed by atoms with Crippen molar-refractivity contribution in [3.63, 3.8) is 0 Å². The van der Waals surface area contributed by atoms with Crippen molar-refractivity contribution in [3.05, 3.63) is 29.8 Å². The second-order valence-electron chi connectivity index (χ2n) is 6.67. The van der Waals surface area contributed by atoms with Crippen LogP contribution < -0.4 is 4.74 Å². The van der Waals surface area contributed by atoms with Crippen LogP contribution in [-0.4, -0.2) is 12.9 Å². The van der Waals surface area contributed by atoms with Gasteiger partial charge in [0.15, 0.2) is 6.29 Å². The Morgan fingerprint density at radius 3 is 2.45 bits per heavy atom. The van der Waals surface area contributed by atoms with Gasteiger partial charge < -0.3 is 9.47 Å². The SMILES string of the molecule is CCOC(CC12CCC(CC1)C2)Oc1ccc(C)cc1. The first kappa shape index (κ1) is 13.9. The molecule has 0 radical (unpaired) electrons. The average molecular weight is 274 g/mol. The highest BCUT2D eigenvalue weighted by atomic mass is 16.7. The van der Waals surface area contributed by atoms with Crippen molar-refractivity contribution in [1.82, 2.24) is 0 Å². The number of benzene rings is 1. The van der Waals surface area contributed by atoms with Crippen LogP contribution >= 0.6 is 0 Å². The lowest BCUT2D eigenvalue weighted by molar-refractivity contribution is -0.100. The number of fused-ring (bicyclic) bond motifs is 2. The molecule has 1 aromatic rings. The van der Waals surface area contributed by atoms with E-state index >= 15 is 0 Å². The summed E-state index contributed by atoms with van der Waals surface area (Å²) < 4.78 is 12.0. The monoisotopic (exact) mass is 274 g/mol. The molecule has 3 rings (SSSR count). The first-order valence-electron chi connectivity index (χ1n) is 8.04. The van der Waals surface area contributed by atoms with E-state index in [0.717, 1.165) is 24.7 Å². The van der Waals surface area contributed by atoms with Gasteiger partial charge in [-0.25, -0.2) is 0 Å². The molecular weight excluding hydrogens is 248 g/mol. The van der Waals surface area contributed by atoms with Gasteiger partial charge in [-0.1, -0.05) is 17.7 Å². The highest BCUT2D eigenvalue weighted by molar-refractivity contribution is 5.26. The Kier molecular flexibility index (Phi) is 4.02. The molecule has 2 saturated carbocycles. The maximum absolute atomic E-state index is 6.09. The van der Waals surface area contributed by atoms with E-state index in [1.165, 1.54) is 37.7 Å². The fraction of sp³-hybridized carbons (Fsp3) is 0.667. The molecule has 0 saturated heterocycles. The van der Waals surface area contributed by atoms with Crippen molar-refractivity contribution in [1.29, 1.82) is 0 Å². The van der Waals surface area contributed by atoms with E-state index in [1.54, 1.807) is 0 Å². The van der Waals surface area contributed by atoms with Gasteiger partial charge in [0.2, 0.25) is 0 Å². The van der Waals surface area contributed by atoms with E-state index in [-0.39, 0.29) is 6.29 Å². The largest absolute Gasteiger partial charge is 0.465 e. The quantitative estimate of drug-likeness (QED) is 0.700. The number of hydrogen-bond acceptors (Lipinski definition) is 2. The van der Waals surface area contributed by atoms with Crippen LogP contribution in [0.4, 0.5) is 0 Å². The Morgan fingerprint density at radius 1 is 1.20 bits per heavy atom. The lowest BCUT2D eigenvalue weighted by Gasteiger charge is -2.31. The Hall–Kier alpha value is -1.02. The molecule has 2 nitrogen and oxygen atoms in total. The van der Waals surface area contributed by atoms with E-state index in [9.17, 15) is 0 Å². The van der Waals surface area contributed by atoms with Gasteiger partial charge in [0.1, 0.15) is 5.75 Å². The summed E-state index contributed by atoms with van der Waals surface area (Å²) in [4.78, 5) is 0. The summed E-state index contributed by atoms with van der Waals surface area (Å²) in [6, 6.07) is 8.28. The highest BCUT2D eigenvalue weighted by Crippen LogP contribution is 2.56. The molecule has 0 N–H and O–H groups in total. The summed E-state index contributed by atoms with van der Waals surface area (Å²) >= 11 is 0. The van der Waals surface area contributed by atoms with Gasteiger partial charge in [-0.05, 0) is 69.4 Å². The van der Waals surface area contributed by atoms with Crippen molar-refractivity contribution in [3.8, 4) is 5.75 Å². The van der Waals surface area contributed by atoms with Crippen LogP contribution in [-0.2, 0) is 4.74 Å². The topological polar surface area (TPSA) is 18.5 Å². The Labute approximate surface area is 122 Å². The molecule has 2 aliphatic rings. The van der Waals surface area contributed by atoms with Crippen molar-refractivity contribution in [2.75, 3.05) is 6.61 Å². The number of hydrogen-bond donors (Lipinski definition) is 0.